The first-order chi connectivity index (χ1) is 8.90. The van der Waals surface area contributed by atoms with Gasteiger partial charge in [-0.05, 0) is 57.9 Å². The topological polar surface area (TPSA) is 40.5 Å². The molecule has 2 atom stereocenters. The lowest BCUT2D eigenvalue weighted by Gasteiger charge is -2.49. The standard InChI is InChI=1S/C17H30O2/c1-13(2)15-9-5-8-12-17(15,19)14(3)16(18)10-6-4-7-11-16/h14,18-19H,4-12H2,1-3H3. The Morgan fingerprint density at radius 1 is 0.947 bits per heavy atom. The van der Waals surface area contributed by atoms with E-state index in [0.29, 0.717) is 0 Å². The van der Waals surface area contributed by atoms with Crippen LogP contribution < -0.4 is 0 Å². The van der Waals surface area contributed by atoms with E-state index < -0.39 is 11.2 Å². The monoisotopic (exact) mass is 266 g/mol. The number of aliphatic hydroxyl groups is 2. The average molecular weight is 266 g/mol. The summed E-state index contributed by atoms with van der Waals surface area (Å²) in [5.74, 6) is -0.0505. The van der Waals surface area contributed by atoms with E-state index in [1.54, 1.807) is 0 Å². The Bertz CT molecular complexity index is 348. The van der Waals surface area contributed by atoms with Gasteiger partial charge in [0.25, 0.3) is 0 Å². The second-order valence-electron chi connectivity index (χ2n) is 7.00. The van der Waals surface area contributed by atoms with Gasteiger partial charge in [-0.2, -0.15) is 0 Å². The predicted octanol–water partition coefficient (Wildman–Crippen LogP) is 3.96. The minimum Gasteiger partial charge on any atom is -0.389 e. The van der Waals surface area contributed by atoms with Crippen molar-refractivity contribution >= 4 is 0 Å². The molecule has 0 aliphatic heterocycles. The van der Waals surface area contributed by atoms with Crippen LogP contribution in [0.15, 0.2) is 11.1 Å². The molecule has 2 heteroatoms. The predicted molar refractivity (Wildman–Crippen MR) is 79.0 cm³/mol. The number of allylic oxidation sites excluding steroid dienone is 1. The molecule has 2 unspecified atom stereocenters. The molecule has 0 aromatic carbocycles. The van der Waals surface area contributed by atoms with Gasteiger partial charge in [-0.15, -0.1) is 0 Å². The van der Waals surface area contributed by atoms with Crippen LogP contribution in [-0.2, 0) is 0 Å². The van der Waals surface area contributed by atoms with Crippen LogP contribution in [0.5, 0.6) is 0 Å². The molecule has 2 rings (SSSR count). The van der Waals surface area contributed by atoms with Crippen LogP contribution >= 0.6 is 0 Å². The Labute approximate surface area is 117 Å². The molecular weight excluding hydrogens is 236 g/mol. The van der Waals surface area contributed by atoms with Gasteiger partial charge in [-0.25, -0.2) is 0 Å². The summed E-state index contributed by atoms with van der Waals surface area (Å²) in [5, 5.41) is 22.2. The summed E-state index contributed by atoms with van der Waals surface area (Å²) in [4.78, 5) is 0. The Morgan fingerprint density at radius 2 is 1.53 bits per heavy atom. The van der Waals surface area contributed by atoms with Crippen molar-refractivity contribution in [2.24, 2.45) is 5.92 Å². The zero-order valence-corrected chi connectivity index (χ0v) is 12.8. The molecule has 0 aromatic heterocycles. The fourth-order valence-electron chi connectivity index (χ4n) is 4.27. The fraction of sp³-hybridized carbons (Fsp3) is 0.882. The third-order valence-corrected chi connectivity index (χ3v) is 5.60. The lowest BCUT2D eigenvalue weighted by atomic mass is 9.62. The molecule has 0 radical (unpaired) electrons. The normalized spacial score (nSPS) is 33.0. The summed E-state index contributed by atoms with van der Waals surface area (Å²) in [6.07, 6.45) is 9.20. The molecule has 2 aliphatic rings. The van der Waals surface area contributed by atoms with E-state index in [0.717, 1.165) is 44.9 Å². The van der Waals surface area contributed by atoms with Crippen LogP contribution in [0.2, 0.25) is 0 Å². The van der Waals surface area contributed by atoms with Crippen LogP contribution in [0.1, 0.15) is 78.6 Å². The summed E-state index contributed by atoms with van der Waals surface area (Å²) < 4.78 is 0. The summed E-state index contributed by atoms with van der Waals surface area (Å²) in [6.45, 7) is 6.27. The van der Waals surface area contributed by atoms with Crippen LogP contribution in [0.3, 0.4) is 0 Å². The third-order valence-electron chi connectivity index (χ3n) is 5.60. The molecule has 2 aliphatic carbocycles. The smallest absolute Gasteiger partial charge is 0.0911 e. The van der Waals surface area contributed by atoms with Crippen molar-refractivity contribution in [2.45, 2.75) is 89.8 Å². The minimum atomic E-state index is -0.775. The SMILES string of the molecule is CC(C)=C1CCCCC1(O)C(C)C1(O)CCCCC1. The van der Waals surface area contributed by atoms with Gasteiger partial charge in [-0.3, -0.25) is 0 Å². The van der Waals surface area contributed by atoms with Gasteiger partial charge in [0.1, 0.15) is 0 Å². The Hall–Kier alpha value is -0.340. The van der Waals surface area contributed by atoms with Gasteiger partial charge in [0.2, 0.25) is 0 Å². The quantitative estimate of drug-likeness (QED) is 0.743. The summed E-state index contributed by atoms with van der Waals surface area (Å²) >= 11 is 0. The molecule has 0 bridgehead atoms. The van der Waals surface area contributed by atoms with Crippen LogP contribution in [0, 0.1) is 5.92 Å². The highest BCUT2D eigenvalue weighted by atomic mass is 16.3. The second-order valence-corrected chi connectivity index (χ2v) is 7.00. The largest absolute Gasteiger partial charge is 0.389 e. The van der Waals surface area contributed by atoms with E-state index >= 15 is 0 Å². The van der Waals surface area contributed by atoms with Gasteiger partial charge in [-0.1, -0.05) is 31.8 Å². The van der Waals surface area contributed by atoms with Crippen molar-refractivity contribution in [3.05, 3.63) is 11.1 Å². The fourth-order valence-corrected chi connectivity index (χ4v) is 4.27. The highest BCUT2D eigenvalue weighted by Gasteiger charge is 2.49. The summed E-state index contributed by atoms with van der Waals surface area (Å²) in [5.41, 5.74) is 1.01. The molecule has 0 aromatic rings. The van der Waals surface area contributed by atoms with Crippen LogP contribution in [0.25, 0.3) is 0 Å². The van der Waals surface area contributed by atoms with E-state index in [2.05, 4.69) is 20.8 Å². The van der Waals surface area contributed by atoms with Crippen molar-refractivity contribution < 1.29 is 10.2 Å². The molecule has 2 fully saturated rings. The van der Waals surface area contributed by atoms with Crippen molar-refractivity contribution in [3.63, 3.8) is 0 Å². The van der Waals surface area contributed by atoms with Crippen molar-refractivity contribution in [1.82, 2.24) is 0 Å². The van der Waals surface area contributed by atoms with Crippen molar-refractivity contribution in [3.8, 4) is 0 Å². The maximum atomic E-state index is 11.3. The van der Waals surface area contributed by atoms with Crippen molar-refractivity contribution in [2.75, 3.05) is 0 Å². The highest BCUT2D eigenvalue weighted by molar-refractivity contribution is 5.26. The van der Waals surface area contributed by atoms with Gasteiger partial charge >= 0.3 is 0 Å². The van der Waals surface area contributed by atoms with Crippen molar-refractivity contribution in [1.29, 1.82) is 0 Å². The lowest BCUT2D eigenvalue weighted by molar-refractivity contribution is -0.126. The molecule has 2 N–H and O–H groups in total. The van der Waals surface area contributed by atoms with E-state index in [9.17, 15) is 10.2 Å². The Balaban J connectivity index is 2.28. The molecule has 0 amide bonds. The zero-order valence-electron chi connectivity index (χ0n) is 12.8. The van der Waals surface area contributed by atoms with Gasteiger partial charge in [0, 0.05) is 5.92 Å². The van der Waals surface area contributed by atoms with E-state index in [1.807, 2.05) is 0 Å². The molecule has 2 saturated carbocycles. The van der Waals surface area contributed by atoms with Gasteiger partial charge < -0.3 is 10.2 Å². The molecule has 0 spiro atoms. The molecule has 110 valence electrons. The van der Waals surface area contributed by atoms with Gasteiger partial charge in [0.15, 0.2) is 0 Å². The summed E-state index contributed by atoms with van der Waals surface area (Å²) in [6, 6.07) is 0. The maximum absolute atomic E-state index is 11.3. The minimum absolute atomic E-state index is 0.0505. The van der Waals surface area contributed by atoms with E-state index in [4.69, 9.17) is 0 Å². The maximum Gasteiger partial charge on any atom is 0.0911 e. The number of hydrogen-bond acceptors (Lipinski definition) is 2. The van der Waals surface area contributed by atoms with Gasteiger partial charge in [0.05, 0.1) is 11.2 Å². The van der Waals surface area contributed by atoms with E-state index in [-0.39, 0.29) is 5.92 Å². The first kappa shape index (κ1) is 15.1. The number of hydrogen-bond donors (Lipinski definition) is 2. The zero-order chi connectivity index (χ0) is 14.1. The summed E-state index contributed by atoms with van der Waals surface area (Å²) in [7, 11) is 0. The molecule has 19 heavy (non-hydrogen) atoms. The third kappa shape index (κ3) is 2.75. The lowest BCUT2D eigenvalue weighted by Crippen LogP contribution is -2.53. The second kappa shape index (κ2) is 5.57. The Morgan fingerprint density at radius 3 is 2.11 bits per heavy atom. The first-order valence-corrected chi connectivity index (χ1v) is 8.02. The molecule has 0 heterocycles. The Kier molecular flexibility index (Phi) is 4.42. The number of rotatable bonds is 2. The van der Waals surface area contributed by atoms with Crippen LogP contribution in [0.4, 0.5) is 0 Å². The molecule has 0 saturated heterocycles. The molecular formula is C17H30O2. The van der Waals surface area contributed by atoms with Crippen LogP contribution in [-0.4, -0.2) is 21.4 Å². The average Bonchev–Trinajstić information content (AvgIpc) is 2.39. The molecule has 2 nitrogen and oxygen atoms in total. The van der Waals surface area contributed by atoms with E-state index in [1.165, 1.54) is 24.0 Å². The highest BCUT2D eigenvalue weighted by Crippen LogP contribution is 2.47. The first-order valence-electron chi connectivity index (χ1n) is 8.02.